The molecule has 0 bridgehead atoms. The molecule has 2 saturated heterocycles. The standard InChI is InChI=1S/C31H42N2O11/c1-18(34)32-24-26(36)29(23(42-30(24)38)17-41-15-21-12-8-5-9-13-21)44-31-25(33-19(2)35)27(37)28(39-3)22(43-31)16-40-14-20-10-6-4-7-11-20/h4-13,22-31,36-38H,14-17H2,1-3H3,(H,32,34)(H,33,35)/t22-,23-,24-,25-,26-,27-,28+,29+,30+,31-/m1/s1. The number of methoxy groups -OCH3 is 1. The Balaban J connectivity index is 1.54. The number of hydrogen-bond acceptors (Lipinski definition) is 11. The molecule has 0 aliphatic carbocycles. The van der Waals surface area contributed by atoms with Crippen LogP contribution in [0.25, 0.3) is 0 Å². The summed E-state index contributed by atoms with van der Waals surface area (Å²) in [4.78, 5) is 24.0. The Labute approximate surface area is 256 Å². The van der Waals surface area contributed by atoms with Crippen molar-refractivity contribution in [2.75, 3.05) is 20.3 Å². The highest BCUT2D eigenvalue weighted by atomic mass is 16.7. The van der Waals surface area contributed by atoms with Gasteiger partial charge in [-0.1, -0.05) is 60.7 Å². The fourth-order valence-electron chi connectivity index (χ4n) is 5.37. The van der Waals surface area contributed by atoms with Crippen LogP contribution in [0.1, 0.15) is 25.0 Å². The zero-order valence-corrected chi connectivity index (χ0v) is 25.0. The van der Waals surface area contributed by atoms with Gasteiger partial charge in [0.2, 0.25) is 11.8 Å². The quantitative estimate of drug-likeness (QED) is 0.204. The highest BCUT2D eigenvalue weighted by Gasteiger charge is 2.52. The maximum absolute atomic E-state index is 12.1. The summed E-state index contributed by atoms with van der Waals surface area (Å²) in [5.41, 5.74) is 1.83. The lowest BCUT2D eigenvalue weighted by atomic mass is 9.94. The van der Waals surface area contributed by atoms with Crippen molar-refractivity contribution in [3.63, 3.8) is 0 Å². The molecule has 4 rings (SSSR count). The first-order chi connectivity index (χ1) is 21.2. The third kappa shape index (κ3) is 9.03. The van der Waals surface area contributed by atoms with Gasteiger partial charge in [-0.15, -0.1) is 0 Å². The Morgan fingerprint density at radius 3 is 1.70 bits per heavy atom. The number of rotatable bonds is 13. The summed E-state index contributed by atoms with van der Waals surface area (Å²) < 4.78 is 35.5. The van der Waals surface area contributed by atoms with E-state index < -0.39 is 73.1 Å². The third-order valence-corrected chi connectivity index (χ3v) is 7.46. The van der Waals surface area contributed by atoms with Crippen molar-refractivity contribution in [1.82, 2.24) is 10.6 Å². The molecule has 242 valence electrons. The Bertz CT molecular complexity index is 1170. The molecule has 0 aromatic heterocycles. The zero-order valence-electron chi connectivity index (χ0n) is 25.0. The van der Waals surface area contributed by atoms with Crippen molar-refractivity contribution < 1.29 is 53.3 Å². The number of benzene rings is 2. The van der Waals surface area contributed by atoms with Crippen molar-refractivity contribution in [2.45, 2.75) is 88.3 Å². The number of aliphatic hydroxyl groups excluding tert-OH is 3. The minimum Gasteiger partial charge on any atom is -0.388 e. The van der Waals surface area contributed by atoms with E-state index in [1.807, 2.05) is 60.7 Å². The van der Waals surface area contributed by atoms with Crippen molar-refractivity contribution in [1.29, 1.82) is 0 Å². The van der Waals surface area contributed by atoms with Crippen molar-refractivity contribution in [3.8, 4) is 0 Å². The maximum atomic E-state index is 12.1. The van der Waals surface area contributed by atoms with Crippen LogP contribution < -0.4 is 10.6 Å². The average molecular weight is 619 g/mol. The Morgan fingerprint density at radius 1 is 0.727 bits per heavy atom. The lowest BCUT2D eigenvalue weighted by Crippen LogP contribution is -2.69. The second kappa shape index (κ2) is 16.4. The molecule has 2 aromatic rings. The van der Waals surface area contributed by atoms with Crippen LogP contribution in [-0.4, -0.2) is 109 Å². The smallest absolute Gasteiger partial charge is 0.217 e. The van der Waals surface area contributed by atoms with Gasteiger partial charge in [0.25, 0.3) is 0 Å². The van der Waals surface area contributed by atoms with E-state index in [2.05, 4.69) is 10.6 Å². The van der Waals surface area contributed by atoms with Gasteiger partial charge < -0.3 is 54.4 Å². The minimum atomic E-state index is -1.57. The van der Waals surface area contributed by atoms with Gasteiger partial charge in [-0.3, -0.25) is 9.59 Å². The first kappa shape index (κ1) is 33.9. The molecule has 2 heterocycles. The van der Waals surface area contributed by atoms with Crippen LogP contribution in [0.15, 0.2) is 60.7 Å². The molecular weight excluding hydrogens is 576 g/mol. The molecule has 2 aliphatic heterocycles. The molecule has 13 nitrogen and oxygen atoms in total. The summed E-state index contributed by atoms with van der Waals surface area (Å²) in [5, 5.41) is 38.4. The van der Waals surface area contributed by atoms with E-state index in [0.29, 0.717) is 0 Å². The number of carbonyl (C=O) groups is 2. The molecule has 2 aliphatic rings. The number of carbonyl (C=O) groups excluding carboxylic acids is 2. The van der Waals surface area contributed by atoms with Gasteiger partial charge in [-0.05, 0) is 11.1 Å². The van der Waals surface area contributed by atoms with Crippen LogP contribution in [0.5, 0.6) is 0 Å². The van der Waals surface area contributed by atoms with Gasteiger partial charge in [0.05, 0.1) is 26.4 Å². The zero-order chi connectivity index (χ0) is 31.6. The fourth-order valence-corrected chi connectivity index (χ4v) is 5.37. The summed E-state index contributed by atoms with van der Waals surface area (Å²) in [5.74, 6) is -0.970. The maximum Gasteiger partial charge on any atom is 0.217 e. The number of ether oxygens (including phenoxy) is 6. The first-order valence-corrected chi connectivity index (χ1v) is 14.5. The lowest BCUT2D eigenvalue weighted by Gasteiger charge is -2.48. The first-order valence-electron chi connectivity index (χ1n) is 14.5. The van der Waals surface area contributed by atoms with Crippen molar-refractivity contribution in [2.24, 2.45) is 0 Å². The van der Waals surface area contributed by atoms with E-state index in [0.717, 1.165) is 11.1 Å². The molecule has 2 amide bonds. The highest BCUT2D eigenvalue weighted by molar-refractivity contribution is 5.73. The average Bonchev–Trinajstić information content (AvgIpc) is 3.00. The Morgan fingerprint density at radius 2 is 1.20 bits per heavy atom. The normalized spacial score (nSPS) is 32.1. The van der Waals surface area contributed by atoms with E-state index in [9.17, 15) is 24.9 Å². The molecule has 10 atom stereocenters. The van der Waals surface area contributed by atoms with Gasteiger partial charge in [0.1, 0.15) is 48.7 Å². The predicted molar refractivity (Wildman–Crippen MR) is 155 cm³/mol. The topological polar surface area (TPSA) is 174 Å². The van der Waals surface area contributed by atoms with E-state index >= 15 is 0 Å². The van der Waals surface area contributed by atoms with E-state index in [1.165, 1.54) is 21.0 Å². The predicted octanol–water partition coefficient (Wildman–Crippen LogP) is -0.00650. The summed E-state index contributed by atoms with van der Waals surface area (Å²) in [7, 11) is 1.41. The Kier molecular flexibility index (Phi) is 12.6. The number of nitrogens with one attached hydrogen (secondary N) is 2. The second-order valence-electron chi connectivity index (χ2n) is 10.8. The van der Waals surface area contributed by atoms with Gasteiger partial charge >= 0.3 is 0 Å². The van der Waals surface area contributed by atoms with E-state index in [1.54, 1.807) is 0 Å². The molecule has 0 saturated carbocycles. The largest absolute Gasteiger partial charge is 0.388 e. The summed E-state index contributed by atoms with van der Waals surface area (Å²) in [6, 6.07) is 16.5. The van der Waals surface area contributed by atoms with E-state index in [-0.39, 0.29) is 26.4 Å². The van der Waals surface area contributed by atoms with Gasteiger partial charge in [0.15, 0.2) is 12.6 Å². The summed E-state index contributed by atoms with van der Waals surface area (Å²) >= 11 is 0. The molecule has 2 fully saturated rings. The van der Waals surface area contributed by atoms with E-state index in [4.69, 9.17) is 28.4 Å². The Hall–Kier alpha value is -2.98. The van der Waals surface area contributed by atoms with Gasteiger partial charge in [-0.2, -0.15) is 0 Å². The molecule has 44 heavy (non-hydrogen) atoms. The van der Waals surface area contributed by atoms with Crippen molar-refractivity contribution in [3.05, 3.63) is 71.8 Å². The van der Waals surface area contributed by atoms with Crippen LogP contribution in [0.4, 0.5) is 0 Å². The molecule has 0 spiro atoms. The molecule has 0 radical (unpaired) electrons. The molecular formula is C31H42N2O11. The van der Waals surface area contributed by atoms with Gasteiger partial charge in [0, 0.05) is 21.0 Å². The number of amides is 2. The van der Waals surface area contributed by atoms with Gasteiger partial charge in [-0.25, -0.2) is 0 Å². The minimum absolute atomic E-state index is 0.0116. The lowest BCUT2D eigenvalue weighted by molar-refractivity contribution is -0.331. The van der Waals surface area contributed by atoms with Crippen LogP contribution in [-0.2, 0) is 51.2 Å². The molecule has 5 N–H and O–H groups in total. The van der Waals surface area contributed by atoms with Crippen LogP contribution >= 0.6 is 0 Å². The molecule has 2 aromatic carbocycles. The van der Waals surface area contributed by atoms with Crippen LogP contribution in [0, 0.1) is 0 Å². The highest BCUT2D eigenvalue weighted by Crippen LogP contribution is 2.30. The SMILES string of the molecule is CO[C@@H]1[C@H](O)[C@@H](NC(C)=O)[C@@H](O[C@@H]2[C@H](O)[C@@H](NC(C)=O)[C@@H](O)O[C@@H]2COCc2ccccc2)O[C@@H]1COCc1ccccc1. The van der Waals surface area contributed by atoms with Crippen LogP contribution in [0.3, 0.4) is 0 Å². The van der Waals surface area contributed by atoms with Crippen LogP contribution in [0.2, 0.25) is 0 Å². The molecule has 0 unspecified atom stereocenters. The summed E-state index contributed by atoms with van der Waals surface area (Å²) in [6.07, 6.45) is -9.66. The number of hydrogen-bond donors (Lipinski definition) is 5. The fraction of sp³-hybridized carbons (Fsp3) is 0.548. The third-order valence-electron chi connectivity index (χ3n) is 7.46. The second-order valence-corrected chi connectivity index (χ2v) is 10.8. The molecule has 13 heteroatoms. The number of aliphatic hydroxyl groups is 3. The van der Waals surface area contributed by atoms with Crippen molar-refractivity contribution >= 4 is 11.8 Å². The summed E-state index contributed by atoms with van der Waals surface area (Å²) in [6.45, 7) is 2.92. The monoisotopic (exact) mass is 618 g/mol.